The van der Waals surface area contributed by atoms with Gasteiger partial charge in [-0.25, -0.2) is 4.79 Å². The van der Waals surface area contributed by atoms with Crippen LogP contribution in [0.5, 0.6) is 0 Å². The van der Waals surface area contributed by atoms with Crippen LogP contribution in [0.1, 0.15) is 105 Å². The number of ether oxygens (including phenoxy) is 1. The van der Waals surface area contributed by atoms with Crippen LogP contribution in [-0.2, 0) is 19.6 Å². The van der Waals surface area contributed by atoms with Gasteiger partial charge in [-0.3, -0.25) is 4.55 Å². The van der Waals surface area contributed by atoms with E-state index >= 15 is 0 Å². The van der Waals surface area contributed by atoms with Crippen molar-refractivity contribution in [2.24, 2.45) is 0 Å². The first-order valence-corrected chi connectivity index (χ1v) is 16.8. The molecule has 32 heavy (non-hydrogen) atoms. The highest BCUT2D eigenvalue weighted by molar-refractivity contribution is 7.85. The molecule has 0 aromatic rings. The van der Waals surface area contributed by atoms with Crippen molar-refractivity contribution >= 4 is 23.3 Å². The van der Waals surface area contributed by atoms with Crippen molar-refractivity contribution in [3.05, 3.63) is 12.2 Å². The zero-order valence-electron chi connectivity index (χ0n) is 21.7. The third-order valence-corrected chi connectivity index (χ3v) is 11.4. The van der Waals surface area contributed by atoms with E-state index in [4.69, 9.17) is 4.55 Å². The van der Waals surface area contributed by atoms with E-state index in [1.807, 2.05) is 0 Å². The standard InChI is InChI=1S/C18H40P.C7H12O5S/c1-5-9-13-14-18-19(15-10-6-2,16-11-7-3)17-12-8-4;1-6(2)7(8)12-4-3-5-13(9,10)11/h5-18H2,1-4H3;1,3-5H2,2H3,(H,9,10,11)/q+1;. The number of carbonyl (C=O) groups excluding carboxylic acids is 1. The van der Waals surface area contributed by atoms with Crippen molar-refractivity contribution < 1.29 is 22.5 Å². The Balaban J connectivity index is 0. The molecule has 0 rings (SSSR count). The second-order valence-electron chi connectivity index (χ2n) is 8.91. The van der Waals surface area contributed by atoms with Crippen LogP contribution >= 0.6 is 7.26 Å². The fourth-order valence-electron chi connectivity index (χ4n) is 3.55. The molecule has 0 saturated heterocycles. The number of esters is 1. The van der Waals surface area contributed by atoms with Gasteiger partial charge in [-0.2, -0.15) is 8.42 Å². The van der Waals surface area contributed by atoms with Crippen LogP contribution in [0.25, 0.3) is 0 Å². The van der Waals surface area contributed by atoms with Gasteiger partial charge >= 0.3 is 5.97 Å². The third kappa shape index (κ3) is 21.4. The summed E-state index contributed by atoms with van der Waals surface area (Å²) in [4.78, 5) is 10.7. The second kappa shape index (κ2) is 21.1. The highest BCUT2D eigenvalue weighted by atomic mass is 32.2. The Bertz CT molecular complexity index is 553. The molecule has 0 bridgehead atoms. The molecule has 0 fully saturated rings. The second-order valence-corrected chi connectivity index (χ2v) is 15.0. The van der Waals surface area contributed by atoms with Crippen LogP contribution in [-0.4, -0.2) is 55.9 Å². The summed E-state index contributed by atoms with van der Waals surface area (Å²) < 4.78 is 33.3. The van der Waals surface area contributed by atoms with Gasteiger partial charge in [0.25, 0.3) is 10.1 Å². The molecule has 0 aromatic carbocycles. The molecule has 7 heteroatoms. The largest absolute Gasteiger partial charge is 0.462 e. The van der Waals surface area contributed by atoms with Gasteiger partial charge in [0, 0.05) is 12.8 Å². The lowest BCUT2D eigenvalue weighted by Gasteiger charge is -2.28. The van der Waals surface area contributed by atoms with Crippen molar-refractivity contribution in [2.45, 2.75) is 105 Å². The Morgan fingerprint density at radius 3 is 1.59 bits per heavy atom. The molecule has 0 amide bonds. The highest BCUT2D eigenvalue weighted by Gasteiger charge is 2.34. The van der Waals surface area contributed by atoms with Crippen molar-refractivity contribution in [2.75, 3.05) is 37.0 Å². The average molecular weight is 496 g/mol. The van der Waals surface area contributed by atoms with Crippen molar-refractivity contribution in [3.63, 3.8) is 0 Å². The highest BCUT2D eigenvalue weighted by Crippen LogP contribution is 2.61. The van der Waals surface area contributed by atoms with Crippen molar-refractivity contribution in [3.8, 4) is 0 Å². The van der Waals surface area contributed by atoms with Crippen molar-refractivity contribution in [1.82, 2.24) is 0 Å². The van der Waals surface area contributed by atoms with Crippen LogP contribution in [0.3, 0.4) is 0 Å². The maximum Gasteiger partial charge on any atom is 0.333 e. The number of unbranched alkanes of at least 4 members (excludes halogenated alkanes) is 6. The molecule has 0 aliphatic carbocycles. The first kappa shape index (κ1) is 33.7. The maximum absolute atomic E-state index is 10.7. The van der Waals surface area contributed by atoms with Crippen LogP contribution in [0.4, 0.5) is 0 Å². The topological polar surface area (TPSA) is 80.7 Å². The quantitative estimate of drug-likeness (QED) is 0.0665. The summed E-state index contributed by atoms with van der Waals surface area (Å²) in [5.41, 5.74) is 0.256. The molecule has 0 unspecified atom stereocenters. The van der Waals surface area contributed by atoms with E-state index in [1.165, 1.54) is 71.1 Å². The van der Waals surface area contributed by atoms with Crippen LogP contribution in [0, 0.1) is 0 Å². The van der Waals surface area contributed by atoms with Crippen molar-refractivity contribution in [1.29, 1.82) is 0 Å². The lowest BCUT2D eigenvalue weighted by Crippen LogP contribution is -2.12. The molecule has 1 N–H and O–H groups in total. The predicted molar refractivity (Wildman–Crippen MR) is 142 cm³/mol. The van der Waals surface area contributed by atoms with Gasteiger partial charge in [0.1, 0.15) is 0 Å². The third-order valence-electron chi connectivity index (χ3n) is 5.57. The summed E-state index contributed by atoms with van der Waals surface area (Å²) in [6.07, 6.45) is 21.0. The normalized spacial score (nSPS) is 11.6. The molecule has 0 heterocycles. The minimum Gasteiger partial charge on any atom is -0.462 e. The Morgan fingerprint density at radius 2 is 1.22 bits per heavy atom. The van der Waals surface area contributed by atoms with Gasteiger partial charge in [0.05, 0.1) is 37.0 Å². The number of hydrogen-bond acceptors (Lipinski definition) is 4. The smallest absolute Gasteiger partial charge is 0.333 e. The first-order valence-electron chi connectivity index (χ1n) is 12.7. The summed E-state index contributed by atoms with van der Waals surface area (Å²) >= 11 is 0. The van der Waals surface area contributed by atoms with E-state index in [-0.39, 0.29) is 18.6 Å². The Hall–Kier alpha value is -0.450. The summed E-state index contributed by atoms with van der Waals surface area (Å²) in [7, 11) is -4.54. The molecule has 0 aliphatic heterocycles. The van der Waals surface area contributed by atoms with Crippen LogP contribution in [0.15, 0.2) is 12.2 Å². The molecule has 0 spiro atoms. The summed E-state index contributed by atoms with van der Waals surface area (Å²) in [6.45, 7) is 14.2. The van der Waals surface area contributed by atoms with E-state index in [0.29, 0.717) is 0 Å². The summed E-state index contributed by atoms with van der Waals surface area (Å²) in [5, 5.41) is 0. The van der Waals surface area contributed by atoms with Gasteiger partial charge in [0.15, 0.2) is 0 Å². The fourth-order valence-corrected chi connectivity index (χ4v) is 9.23. The van der Waals surface area contributed by atoms with Gasteiger partial charge in [0.2, 0.25) is 0 Å². The Kier molecular flexibility index (Phi) is 22.2. The van der Waals surface area contributed by atoms with Gasteiger partial charge < -0.3 is 4.74 Å². The molecular weight excluding hydrogens is 443 g/mol. The predicted octanol–water partition coefficient (Wildman–Crippen LogP) is 7.37. The van der Waals surface area contributed by atoms with Gasteiger partial charge in [-0.05, 0) is 45.4 Å². The number of carbonyl (C=O) groups is 1. The minimum absolute atomic E-state index is 0.0362. The van der Waals surface area contributed by atoms with E-state index in [2.05, 4.69) is 39.0 Å². The molecular formula is C25H52O5PS+. The molecule has 0 atom stereocenters. The Morgan fingerprint density at radius 1 is 0.781 bits per heavy atom. The fraction of sp³-hybridized carbons (Fsp3) is 0.880. The maximum atomic E-state index is 10.7. The molecule has 0 saturated carbocycles. The zero-order valence-corrected chi connectivity index (χ0v) is 23.4. The molecule has 192 valence electrons. The first-order chi connectivity index (χ1) is 15.1. The van der Waals surface area contributed by atoms with Crippen LogP contribution < -0.4 is 0 Å². The number of hydrogen-bond donors (Lipinski definition) is 1. The zero-order chi connectivity index (χ0) is 24.9. The van der Waals surface area contributed by atoms with Gasteiger partial charge in [-0.15, -0.1) is 0 Å². The minimum atomic E-state index is -3.96. The lowest BCUT2D eigenvalue weighted by molar-refractivity contribution is -0.138. The van der Waals surface area contributed by atoms with E-state index in [0.717, 1.165) is 0 Å². The molecule has 5 nitrogen and oxygen atoms in total. The number of rotatable bonds is 19. The summed E-state index contributed by atoms with van der Waals surface area (Å²) in [6, 6.07) is 0. The molecule has 0 aromatic heterocycles. The van der Waals surface area contributed by atoms with E-state index in [9.17, 15) is 13.2 Å². The Labute approximate surface area is 200 Å². The lowest BCUT2D eigenvalue weighted by atomic mass is 10.2. The SMILES string of the molecule is C=C(C)C(=O)OCCCS(=O)(=O)O.CCCCCC[P+](CCCC)(CCCC)CCCC. The summed E-state index contributed by atoms with van der Waals surface area (Å²) in [5.74, 6) is -0.966. The molecule has 0 radical (unpaired) electrons. The van der Waals surface area contributed by atoms with E-state index in [1.54, 1.807) is 24.6 Å². The van der Waals surface area contributed by atoms with Gasteiger partial charge in [-0.1, -0.05) is 66.4 Å². The monoisotopic (exact) mass is 495 g/mol. The molecule has 0 aliphatic rings. The van der Waals surface area contributed by atoms with E-state index < -0.39 is 29.1 Å². The average Bonchev–Trinajstić information content (AvgIpc) is 2.74. The van der Waals surface area contributed by atoms with Crippen LogP contribution in [0.2, 0.25) is 0 Å².